The maximum absolute atomic E-state index is 12.2. The molecule has 1 fully saturated rings. The molecule has 1 aromatic carbocycles. The molecule has 98 valence electrons. The summed E-state index contributed by atoms with van der Waals surface area (Å²) in [5.41, 5.74) is 12.9. The lowest BCUT2D eigenvalue weighted by Gasteiger charge is -2.21. The molecule has 4 N–H and O–H groups in total. The van der Waals surface area contributed by atoms with E-state index >= 15 is 0 Å². The summed E-state index contributed by atoms with van der Waals surface area (Å²) in [6.07, 6.45) is 2.23. The Morgan fingerprint density at radius 1 is 1.39 bits per heavy atom. The first-order valence-corrected chi connectivity index (χ1v) is 6.09. The fourth-order valence-corrected chi connectivity index (χ4v) is 2.20. The summed E-state index contributed by atoms with van der Waals surface area (Å²) < 4.78 is 5.51. The second-order valence-electron chi connectivity index (χ2n) is 4.71. The van der Waals surface area contributed by atoms with Crippen LogP contribution in [0.25, 0.3) is 0 Å². The van der Waals surface area contributed by atoms with E-state index in [-0.39, 0.29) is 12.0 Å². The molecule has 1 amide bonds. The SMILES string of the molecule is CN(CC1CCCO1)C(=O)c1cc(N)cc(N)c1. The number of carbonyl (C=O) groups excluding carboxylic acids is 1. The van der Waals surface area contributed by atoms with Gasteiger partial charge in [-0.2, -0.15) is 0 Å². The Morgan fingerprint density at radius 2 is 2.06 bits per heavy atom. The number of anilines is 2. The van der Waals surface area contributed by atoms with Crippen LogP contribution in [0.2, 0.25) is 0 Å². The standard InChI is InChI=1S/C13H19N3O2/c1-16(8-12-3-2-4-18-12)13(17)9-5-10(14)7-11(15)6-9/h5-7,12H,2-4,8,14-15H2,1H3. The number of carbonyl (C=O) groups is 1. The van der Waals surface area contributed by atoms with Gasteiger partial charge in [-0.15, -0.1) is 0 Å². The van der Waals surface area contributed by atoms with E-state index in [2.05, 4.69) is 0 Å². The van der Waals surface area contributed by atoms with E-state index in [4.69, 9.17) is 16.2 Å². The summed E-state index contributed by atoms with van der Waals surface area (Å²) in [6.45, 7) is 1.39. The van der Waals surface area contributed by atoms with Crippen molar-refractivity contribution in [2.24, 2.45) is 0 Å². The van der Waals surface area contributed by atoms with Crippen LogP contribution in [0, 0.1) is 0 Å². The fourth-order valence-electron chi connectivity index (χ4n) is 2.20. The summed E-state index contributed by atoms with van der Waals surface area (Å²) in [7, 11) is 1.77. The van der Waals surface area contributed by atoms with Crippen molar-refractivity contribution in [3.8, 4) is 0 Å². The third-order valence-electron chi connectivity index (χ3n) is 3.07. The monoisotopic (exact) mass is 249 g/mol. The molecule has 1 heterocycles. The van der Waals surface area contributed by atoms with Crippen molar-refractivity contribution < 1.29 is 9.53 Å². The van der Waals surface area contributed by atoms with E-state index in [0.717, 1.165) is 19.4 Å². The van der Waals surface area contributed by atoms with Crippen LogP contribution in [-0.4, -0.2) is 37.1 Å². The summed E-state index contributed by atoms with van der Waals surface area (Å²) in [4.78, 5) is 13.9. The molecule has 1 atom stereocenters. The van der Waals surface area contributed by atoms with Crippen molar-refractivity contribution in [2.45, 2.75) is 18.9 Å². The first-order chi connectivity index (χ1) is 8.56. The molecule has 18 heavy (non-hydrogen) atoms. The van der Waals surface area contributed by atoms with Crippen molar-refractivity contribution in [1.29, 1.82) is 0 Å². The minimum Gasteiger partial charge on any atom is -0.399 e. The molecule has 1 aliphatic heterocycles. The van der Waals surface area contributed by atoms with Gasteiger partial charge in [0.25, 0.3) is 5.91 Å². The van der Waals surface area contributed by atoms with Gasteiger partial charge >= 0.3 is 0 Å². The Morgan fingerprint density at radius 3 is 2.61 bits per heavy atom. The highest BCUT2D eigenvalue weighted by Crippen LogP contribution is 2.17. The molecule has 2 rings (SSSR count). The van der Waals surface area contributed by atoms with Crippen LogP contribution in [0.1, 0.15) is 23.2 Å². The Labute approximate surface area is 107 Å². The maximum atomic E-state index is 12.2. The number of ether oxygens (including phenoxy) is 1. The molecule has 1 aromatic rings. The highest BCUT2D eigenvalue weighted by molar-refractivity contribution is 5.96. The first kappa shape index (κ1) is 12.7. The predicted molar refractivity (Wildman–Crippen MR) is 71.2 cm³/mol. The summed E-state index contributed by atoms with van der Waals surface area (Å²) >= 11 is 0. The molecule has 1 aliphatic rings. The average molecular weight is 249 g/mol. The number of nitrogens with two attached hydrogens (primary N) is 2. The summed E-state index contributed by atoms with van der Waals surface area (Å²) in [5.74, 6) is -0.0792. The largest absolute Gasteiger partial charge is 0.399 e. The third-order valence-corrected chi connectivity index (χ3v) is 3.07. The summed E-state index contributed by atoms with van der Waals surface area (Å²) in [5, 5.41) is 0. The van der Waals surface area contributed by atoms with Gasteiger partial charge in [0.1, 0.15) is 0 Å². The molecule has 0 saturated carbocycles. The van der Waals surface area contributed by atoms with Crippen molar-refractivity contribution in [3.63, 3.8) is 0 Å². The Kier molecular flexibility index (Phi) is 3.72. The van der Waals surface area contributed by atoms with Crippen LogP contribution in [0.5, 0.6) is 0 Å². The number of nitrogens with zero attached hydrogens (tertiary/aromatic N) is 1. The van der Waals surface area contributed by atoms with E-state index in [9.17, 15) is 4.79 Å². The van der Waals surface area contributed by atoms with Crippen molar-refractivity contribution in [3.05, 3.63) is 23.8 Å². The number of rotatable bonds is 3. The molecule has 1 unspecified atom stereocenters. The van der Waals surface area contributed by atoms with Crippen LogP contribution in [0.15, 0.2) is 18.2 Å². The van der Waals surface area contributed by atoms with Gasteiger partial charge in [-0.25, -0.2) is 0 Å². The van der Waals surface area contributed by atoms with Gasteiger partial charge < -0.3 is 21.1 Å². The Hall–Kier alpha value is -1.75. The average Bonchev–Trinajstić information content (AvgIpc) is 2.79. The van der Waals surface area contributed by atoms with Gasteiger partial charge in [0.15, 0.2) is 0 Å². The zero-order chi connectivity index (χ0) is 13.1. The van der Waals surface area contributed by atoms with E-state index in [0.29, 0.717) is 23.5 Å². The highest BCUT2D eigenvalue weighted by atomic mass is 16.5. The molecular formula is C13H19N3O2. The Balaban J connectivity index is 2.04. The topological polar surface area (TPSA) is 81.6 Å². The van der Waals surface area contributed by atoms with Crippen LogP contribution < -0.4 is 11.5 Å². The number of amides is 1. The molecule has 1 saturated heterocycles. The quantitative estimate of drug-likeness (QED) is 0.786. The van der Waals surface area contributed by atoms with Crippen molar-refractivity contribution in [2.75, 3.05) is 31.7 Å². The van der Waals surface area contributed by atoms with Crippen LogP contribution in [0.3, 0.4) is 0 Å². The minimum absolute atomic E-state index is 0.0792. The highest BCUT2D eigenvalue weighted by Gasteiger charge is 2.21. The zero-order valence-electron chi connectivity index (χ0n) is 10.6. The number of nitrogen functional groups attached to an aromatic ring is 2. The molecule has 0 aliphatic carbocycles. The first-order valence-electron chi connectivity index (χ1n) is 6.09. The number of hydrogen-bond donors (Lipinski definition) is 2. The number of likely N-dealkylation sites (N-methyl/N-ethyl adjacent to an activating group) is 1. The van der Waals surface area contributed by atoms with Gasteiger partial charge in [-0.1, -0.05) is 0 Å². The third kappa shape index (κ3) is 2.92. The number of hydrogen-bond acceptors (Lipinski definition) is 4. The van der Waals surface area contributed by atoms with Gasteiger partial charge in [-0.3, -0.25) is 4.79 Å². The zero-order valence-corrected chi connectivity index (χ0v) is 10.6. The molecule has 5 heteroatoms. The summed E-state index contributed by atoms with van der Waals surface area (Å²) in [6, 6.07) is 4.92. The van der Waals surface area contributed by atoms with Gasteiger partial charge in [0.2, 0.25) is 0 Å². The molecule has 0 bridgehead atoms. The van der Waals surface area contributed by atoms with E-state index < -0.39 is 0 Å². The molecule has 5 nitrogen and oxygen atoms in total. The van der Waals surface area contributed by atoms with Gasteiger partial charge in [0, 0.05) is 37.1 Å². The minimum atomic E-state index is -0.0792. The lowest BCUT2D eigenvalue weighted by atomic mass is 10.1. The van der Waals surface area contributed by atoms with E-state index in [1.165, 1.54) is 0 Å². The van der Waals surface area contributed by atoms with Crippen molar-refractivity contribution >= 4 is 17.3 Å². The van der Waals surface area contributed by atoms with Gasteiger partial charge in [0.05, 0.1) is 6.10 Å². The van der Waals surface area contributed by atoms with Crippen LogP contribution in [-0.2, 0) is 4.74 Å². The lowest BCUT2D eigenvalue weighted by molar-refractivity contribution is 0.0587. The fraction of sp³-hybridized carbons (Fsp3) is 0.462. The second kappa shape index (κ2) is 5.27. The van der Waals surface area contributed by atoms with Crippen LogP contribution >= 0.6 is 0 Å². The predicted octanol–water partition coefficient (Wildman–Crippen LogP) is 1.10. The molecule has 0 aromatic heterocycles. The van der Waals surface area contributed by atoms with Crippen molar-refractivity contribution in [1.82, 2.24) is 4.90 Å². The lowest BCUT2D eigenvalue weighted by Crippen LogP contribution is -2.34. The Bertz CT molecular complexity index is 422. The molecule has 0 spiro atoms. The van der Waals surface area contributed by atoms with Crippen LogP contribution in [0.4, 0.5) is 11.4 Å². The molecule has 0 radical (unpaired) electrons. The maximum Gasteiger partial charge on any atom is 0.253 e. The van der Waals surface area contributed by atoms with E-state index in [1.54, 1.807) is 30.1 Å². The normalized spacial score (nSPS) is 18.8. The number of benzene rings is 1. The van der Waals surface area contributed by atoms with Gasteiger partial charge in [-0.05, 0) is 31.0 Å². The molecular weight excluding hydrogens is 230 g/mol. The second-order valence-corrected chi connectivity index (χ2v) is 4.71. The van der Waals surface area contributed by atoms with E-state index in [1.807, 2.05) is 0 Å². The smallest absolute Gasteiger partial charge is 0.253 e.